The first-order valence-corrected chi connectivity index (χ1v) is 8.00. The van der Waals surface area contributed by atoms with Gasteiger partial charge in [-0.2, -0.15) is 0 Å². The van der Waals surface area contributed by atoms with Gasteiger partial charge in [-0.1, -0.05) is 19.3 Å². The van der Waals surface area contributed by atoms with Crippen LogP contribution < -0.4 is 14.2 Å². The highest BCUT2D eigenvalue weighted by Crippen LogP contribution is 2.52. The van der Waals surface area contributed by atoms with Gasteiger partial charge in [0.2, 0.25) is 0 Å². The van der Waals surface area contributed by atoms with Crippen molar-refractivity contribution in [2.75, 3.05) is 20.3 Å². The van der Waals surface area contributed by atoms with E-state index in [0.29, 0.717) is 43.8 Å². The van der Waals surface area contributed by atoms with E-state index in [9.17, 15) is 14.3 Å². The zero-order chi connectivity index (χ0) is 16.4. The van der Waals surface area contributed by atoms with E-state index in [2.05, 4.69) is 0 Å². The molecule has 2 aliphatic rings. The van der Waals surface area contributed by atoms with Crippen molar-refractivity contribution >= 4 is 5.97 Å². The van der Waals surface area contributed by atoms with Crippen molar-refractivity contribution < 1.29 is 28.5 Å². The second kappa shape index (κ2) is 6.26. The van der Waals surface area contributed by atoms with Gasteiger partial charge in [-0.25, -0.2) is 4.39 Å². The molecule has 126 valence electrons. The lowest BCUT2D eigenvalue weighted by Gasteiger charge is -2.35. The first kappa shape index (κ1) is 15.9. The fourth-order valence-electron chi connectivity index (χ4n) is 3.62. The summed E-state index contributed by atoms with van der Waals surface area (Å²) in [7, 11) is 1.35. The molecule has 0 amide bonds. The highest BCUT2D eigenvalue weighted by molar-refractivity contribution is 5.85. The van der Waals surface area contributed by atoms with Crippen LogP contribution in [0.5, 0.6) is 17.2 Å². The number of halogens is 1. The Hall–Kier alpha value is -1.98. The van der Waals surface area contributed by atoms with Crippen molar-refractivity contribution in [1.82, 2.24) is 0 Å². The van der Waals surface area contributed by atoms with Gasteiger partial charge in [0.1, 0.15) is 5.41 Å². The maximum atomic E-state index is 14.5. The van der Waals surface area contributed by atoms with Crippen LogP contribution >= 0.6 is 0 Å². The standard InChI is InChI=1S/C17H21FO5/c1-21-14-11(18)10-12-15(23-9-5-8-22-12)13(14)17(16(19)20)6-3-2-4-7-17/h10H,2-9H2,1H3,(H,19,20). The lowest BCUT2D eigenvalue weighted by molar-refractivity contribution is -0.145. The van der Waals surface area contributed by atoms with Crippen molar-refractivity contribution in [2.45, 2.75) is 43.9 Å². The molecular formula is C17H21FO5. The van der Waals surface area contributed by atoms with Crippen molar-refractivity contribution in [3.05, 3.63) is 17.4 Å². The Balaban J connectivity index is 2.26. The molecule has 1 heterocycles. The van der Waals surface area contributed by atoms with Crippen LogP contribution in [0.4, 0.5) is 4.39 Å². The normalized spacial score (nSPS) is 19.7. The van der Waals surface area contributed by atoms with Crippen LogP contribution in [0, 0.1) is 5.82 Å². The van der Waals surface area contributed by atoms with Crippen molar-refractivity contribution in [1.29, 1.82) is 0 Å². The molecule has 0 aromatic heterocycles. The van der Waals surface area contributed by atoms with E-state index in [1.807, 2.05) is 0 Å². The molecule has 1 N–H and O–H groups in total. The summed E-state index contributed by atoms with van der Waals surface area (Å²) < 4.78 is 31.1. The third-order valence-electron chi connectivity index (χ3n) is 4.74. The Bertz CT molecular complexity index is 607. The van der Waals surface area contributed by atoms with Gasteiger partial charge in [0.05, 0.1) is 25.9 Å². The second-order valence-electron chi connectivity index (χ2n) is 6.09. The molecular weight excluding hydrogens is 303 g/mol. The number of carboxylic acid groups (broad SMARTS) is 1. The molecule has 0 spiro atoms. The maximum absolute atomic E-state index is 14.5. The zero-order valence-electron chi connectivity index (χ0n) is 13.2. The Kier molecular flexibility index (Phi) is 4.33. The number of methoxy groups -OCH3 is 1. The molecule has 0 radical (unpaired) electrons. The summed E-state index contributed by atoms with van der Waals surface area (Å²) in [6.45, 7) is 0.822. The number of rotatable bonds is 3. The highest BCUT2D eigenvalue weighted by Gasteiger charge is 2.47. The van der Waals surface area contributed by atoms with Crippen LogP contribution in [0.1, 0.15) is 44.1 Å². The molecule has 1 aromatic carbocycles. The number of hydrogen-bond donors (Lipinski definition) is 1. The lowest BCUT2D eigenvalue weighted by Crippen LogP contribution is -2.38. The SMILES string of the molecule is COc1c(F)cc2c(c1C1(C(=O)O)CCCCC1)OCCCO2. The van der Waals surface area contributed by atoms with Gasteiger partial charge in [0.15, 0.2) is 23.1 Å². The first-order chi connectivity index (χ1) is 11.1. The van der Waals surface area contributed by atoms with Crippen LogP contribution in [0.25, 0.3) is 0 Å². The molecule has 0 unspecified atom stereocenters. The molecule has 3 rings (SSSR count). The third kappa shape index (κ3) is 2.60. The zero-order valence-corrected chi connectivity index (χ0v) is 13.2. The number of carboxylic acids is 1. The summed E-state index contributed by atoms with van der Waals surface area (Å²) in [5.74, 6) is -1.03. The highest BCUT2D eigenvalue weighted by atomic mass is 19.1. The molecule has 6 heteroatoms. The predicted molar refractivity (Wildman–Crippen MR) is 81.0 cm³/mol. The molecule has 0 saturated heterocycles. The fourth-order valence-corrected chi connectivity index (χ4v) is 3.62. The molecule has 1 aromatic rings. The average Bonchev–Trinajstić information content (AvgIpc) is 2.79. The van der Waals surface area contributed by atoms with Crippen LogP contribution in [-0.4, -0.2) is 31.4 Å². The molecule has 1 fully saturated rings. The topological polar surface area (TPSA) is 65.0 Å². The summed E-state index contributed by atoms with van der Waals surface area (Å²) in [4.78, 5) is 12.2. The number of benzene rings is 1. The van der Waals surface area contributed by atoms with Gasteiger partial charge >= 0.3 is 5.97 Å². The van der Waals surface area contributed by atoms with E-state index in [4.69, 9.17) is 14.2 Å². The van der Waals surface area contributed by atoms with E-state index < -0.39 is 17.2 Å². The second-order valence-corrected chi connectivity index (χ2v) is 6.09. The van der Waals surface area contributed by atoms with Gasteiger partial charge in [-0.3, -0.25) is 4.79 Å². The van der Waals surface area contributed by atoms with Crippen molar-refractivity contribution in [2.24, 2.45) is 0 Å². The fraction of sp³-hybridized carbons (Fsp3) is 0.588. The van der Waals surface area contributed by atoms with Crippen LogP contribution in [0.15, 0.2) is 6.07 Å². The molecule has 0 bridgehead atoms. The summed E-state index contributed by atoms with van der Waals surface area (Å²) in [6.07, 6.45) is 4.09. The van der Waals surface area contributed by atoms with Gasteiger partial charge in [0, 0.05) is 12.5 Å². The van der Waals surface area contributed by atoms with Gasteiger partial charge in [-0.05, 0) is 12.8 Å². The number of hydrogen-bond acceptors (Lipinski definition) is 4. The Morgan fingerprint density at radius 3 is 2.57 bits per heavy atom. The van der Waals surface area contributed by atoms with E-state index in [-0.39, 0.29) is 11.5 Å². The van der Waals surface area contributed by atoms with Crippen LogP contribution in [-0.2, 0) is 10.2 Å². The smallest absolute Gasteiger partial charge is 0.314 e. The number of aliphatic carboxylic acids is 1. The maximum Gasteiger partial charge on any atom is 0.314 e. The Labute approximate surface area is 134 Å². The summed E-state index contributed by atoms with van der Waals surface area (Å²) in [6, 6.07) is 1.22. The number of carbonyl (C=O) groups is 1. The minimum atomic E-state index is -1.19. The predicted octanol–water partition coefficient (Wildman–Crippen LogP) is 3.28. The van der Waals surface area contributed by atoms with Crippen LogP contribution in [0.2, 0.25) is 0 Å². The van der Waals surface area contributed by atoms with Gasteiger partial charge in [-0.15, -0.1) is 0 Å². The van der Waals surface area contributed by atoms with Gasteiger partial charge in [0.25, 0.3) is 0 Å². The lowest BCUT2D eigenvalue weighted by atomic mass is 9.68. The number of ether oxygens (including phenoxy) is 3. The average molecular weight is 324 g/mol. The third-order valence-corrected chi connectivity index (χ3v) is 4.74. The van der Waals surface area contributed by atoms with Crippen molar-refractivity contribution in [3.8, 4) is 17.2 Å². The summed E-state index contributed by atoms with van der Waals surface area (Å²) in [5.41, 5.74) is -0.896. The molecule has 1 aliphatic carbocycles. The van der Waals surface area contributed by atoms with Crippen LogP contribution in [0.3, 0.4) is 0 Å². The Morgan fingerprint density at radius 1 is 1.22 bits per heavy atom. The van der Waals surface area contributed by atoms with Crippen molar-refractivity contribution in [3.63, 3.8) is 0 Å². The van der Waals surface area contributed by atoms with E-state index in [1.165, 1.54) is 13.2 Å². The minimum Gasteiger partial charge on any atom is -0.493 e. The number of fused-ring (bicyclic) bond motifs is 1. The summed E-state index contributed by atoms with van der Waals surface area (Å²) in [5, 5.41) is 9.95. The largest absolute Gasteiger partial charge is 0.493 e. The first-order valence-electron chi connectivity index (χ1n) is 8.00. The van der Waals surface area contributed by atoms with E-state index in [1.54, 1.807) is 0 Å². The Morgan fingerprint density at radius 2 is 1.91 bits per heavy atom. The summed E-state index contributed by atoms with van der Waals surface area (Å²) >= 11 is 0. The monoisotopic (exact) mass is 324 g/mol. The molecule has 0 atom stereocenters. The van der Waals surface area contributed by atoms with E-state index in [0.717, 1.165) is 19.3 Å². The molecule has 23 heavy (non-hydrogen) atoms. The van der Waals surface area contributed by atoms with Gasteiger partial charge < -0.3 is 19.3 Å². The molecule has 1 aliphatic heterocycles. The quantitative estimate of drug-likeness (QED) is 0.924. The molecule has 5 nitrogen and oxygen atoms in total. The minimum absolute atomic E-state index is 0.0430. The molecule has 1 saturated carbocycles. The van der Waals surface area contributed by atoms with E-state index >= 15 is 0 Å².